The summed E-state index contributed by atoms with van der Waals surface area (Å²) < 4.78 is 0. The standard InChI is InChI=1S/C19H17NO4S/c1-3-9-25-16-11-14(19(23)24)10-15(20-12(2)21)17(16)18(22)13-7-5-4-6-8-13/h3-8,10-11H,1,9H2,2H3,(H,20,21)(H,23,24). The Balaban J connectivity index is 2.67. The van der Waals surface area contributed by atoms with E-state index in [0.717, 1.165) is 0 Å². The van der Waals surface area contributed by atoms with Gasteiger partial charge in [-0.15, -0.1) is 18.3 Å². The fourth-order valence-corrected chi connectivity index (χ4v) is 3.11. The average molecular weight is 355 g/mol. The summed E-state index contributed by atoms with van der Waals surface area (Å²) in [4.78, 5) is 36.4. The Morgan fingerprint density at radius 1 is 1.16 bits per heavy atom. The molecule has 0 aliphatic rings. The van der Waals surface area contributed by atoms with Gasteiger partial charge in [0.1, 0.15) is 0 Å². The van der Waals surface area contributed by atoms with Crippen LogP contribution >= 0.6 is 11.8 Å². The Morgan fingerprint density at radius 3 is 2.40 bits per heavy atom. The number of amides is 1. The lowest BCUT2D eigenvalue weighted by Crippen LogP contribution is -2.14. The summed E-state index contributed by atoms with van der Waals surface area (Å²) in [6.45, 7) is 4.95. The third-order valence-corrected chi connectivity index (χ3v) is 4.31. The monoisotopic (exact) mass is 355 g/mol. The lowest BCUT2D eigenvalue weighted by molar-refractivity contribution is -0.114. The van der Waals surface area contributed by atoms with Crippen molar-refractivity contribution in [1.82, 2.24) is 0 Å². The molecular formula is C19H17NO4S. The summed E-state index contributed by atoms with van der Waals surface area (Å²) in [5, 5.41) is 11.9. The highest BCUT2D eigenvalue weighted by Gasteiger charge is 2.22. The van der Waals surface area contributed by atoms with Crippen molar-refractivity contribution >= 4 is 35.1 Å². The summed E-state index contributed by atoms with van der Waals surface area (Å²) in [5.74, 6) is -1.31. The number of benzene rings is 2. The van der Waals surface area contributed by atoms with Crippen LogP contribution in [0.2, 0.25) is 0 Å². The molecule has 2 N–H and O–H groups in total. The third kappa shape index (κ3) is 4.58. The Bertz CT molecular complexity index is 831. The predicted octanol–water partition coefficient (Wildman–Crippen LogP) is 3.85. The van der Waals surface area contributed by atoms with Crippen molar-refractivity contribution < 1.29 is 19.5 Å². The quantitative estimate of drug-likeness (QED) is 0.448. The zero-order valence-electron chi connectivity index (χ0n) is 13.6. The number of carbonyl (C=O) groups is 3. The molecule has 128 valence electrons. The minimum atomic E-state index is -1.13. The maximum atomic E-state index is 13.0. The molecule has 0 unspecified atom stereocenters. The van der Waals surface area contributed by atoms with Crippen LogP contribution in [0.3, 0.4) is 0 Å². The van der Waals surface area contributed by atoms with Gasteiger partial charge in [0.25, 0.3) is 0 Å². The van der Waals surface area contributed by atoms with Crippen molar-refractivity contribution in [1.29, 1.82) is 0 Å². The highest BCUT2D eigenvalue weighted by molar-refractivity contribution is 7.99. The van der Waals surface area contributed by atoms with Crippen LogP contribution in [0, 0.1) is 0 Å². The molecule has 6 heteroatoms. The second-order valence-electron chi connectivity index (χ2n) is 5.18. The van der Waals surface area contributed by atoms with Gasteiger partial charge in [-0.05, 0) is 12.1 Å². The number of ketones is 1. The van der Waals surface area contributed by atoms with E-state index in [4.69, 9.17) is 0 Å². The van der Waals surface area contributed by atoms with E-state index in [2.05, 4.69) is 11.9 Å². The van der Waals surface area contributed by atoms with Gasteiger partial charge in [-0.1, -0.05) is 36.4 Å². The minimum absolute atomic E-state index is 0.0000704. The molecule has 2 aromatic carbocycles. The first kappa shape index (κ1) is 18.5. The van der Waals surface area contributed by atoms with E-state index in [1.54, 1.807) is 36.4 Å². The van der Waals surface area contributed by atoms with Gasteiger partial charge >= 0.3 is 5.97 Å². The zero-order valence-corrected chi connectivity index (χ0v) is 14.4. The first-order valence-corrected chi connectivity index (χ1v) is 8.45. The average Bonchev–Trinajstić information content (AvgIpc) is 2.59. The van der Waals surface area contributed by atoms with Gasteiger partial charge in [-0.25, -0.2) is 4.79 Å². The molecule has 5 nitrogen and oxygen atoms in total. The SMILES string of the molecule is C=CCSc1cc(C(=O)O)cc(NC(C)=O)c1C(=O)c1ccccc1. The first-order chi connectivity index (χ1) is 11.9. The second-order valence-corrected chi connectivity index (χ2v) is 6.24. The molecule has 0 heterocycles. The number of nitrogens with one attached hydrogen (secondary N) is 1. The summed E-state index contributed by atoms with van der Waals surface area (Å²) in [7, 11) is 0. The maximum absolute atomic E-state index is 13.0. The highest BCUT2D eigenvalue weighted by atomic mass is 32.2. The number of thioether (sulfide) groups is 1. The number of hydrogen-bond donors (Lipinski definition) is 2. The van der Waals surface area contributed by atoms with Crippen LogP contribution in [0.1, 0.15) is 33.2 Å². The van der Waals surface area contributed by atoms with Gasteiger partial charge in [-0.3, -0.25) is 9.59 Å². The van der Waals surface area contributed by atoms with Gasteiger partial charge in [0.05, 0.1) is 16.8 Å². The number of hydrogen-bond acceptors (Lipinski definition) is 4. The van der Waals surface area contributed by atoms with Crippen LogP contribution in [-0.2, 0) is 4.79 Å². The summed E-state index contributed by atoms with van der Waals surface area (Å²) in [6.07, 6.45) is 1.66. The molecule has 1 amide bonds. The number of anilines is 1. The van der Waals surface area contributed by atoms with Crippen molar-refractivity contribution in [2.24, 2.45) is 0 Å². The fourth-order valence-electron chi connectivity index (χ4n) is 2.26. The van der Waals surface area contributed by atoms with Gasteiger partial charge < -0.3 is 10.4 Å². The number of carbonyl (C=O) groups excluding carboxylic acids is 2. The van der Waals surface area contributed by atoms with E-state index in [9.17, 15) is 19.5 Å². The van der Waals surface area contributed by atoms with Crippen LogP contribution in [0.25, 0.3) is 0 Å². The second kappa shape index (κ2) is 8.30. The Kier molecular flexibility index (Phi) is 6.14. The molecule has 0 fully saturated rings. The van der Waals surface area contributed by atoms with E-state index in [0.29, 0.717) is 16.2 Å². The lowest BCUT2D eigenvalue weighted by Gasteiger charge is -2.15. The van der Waals surface area contributed by atoms with Crippen molar-refractivity contribution in [3.8, 4) is 0 Å². The molecular weight excluding hydrogens is 338 g/mol. The van der Waals surface area contributed by atoms with E-state index in [1.807, 2.05) is 0 Å². The van der Waals surface area contributed by atoms with Crippen molar-refractivity contribution in [3.63, 3.8) is 0 Å². The molecule has 0 saturated carbocycles. The number of carboxylic acid groups (broad SMARTS) is 1. The summed E-state index contributed by atoms with van der Waals surface area (Å²) >= 11 is 1.29. The van der Waals surface area contributed by atoms with Crippen molar-refractivity contribution in [2.75, 3.05) is 11.1 Å². The number of carboxylic acids is 1. The minimum Gasteiger partial charge on any atom is -0.478 e. The van der Waals surface area contributed by atoms with Gasteiger partial charge in [0.15, 0.2) is 5.78 Å². The molecule has 0 aliphatic heterocycles. The van der Waals surface area contributed by atoms with Crippen LogP contribution in [0.4, 0.5) is 5.69 Å². The number of aromatic carboxylic acids is 1. The van der Waals surface area contributed by atoms with Gasteiger partial charge in [0.2, 0.25) is 5.91 Å². The van der Waals surface area contributed by atoms with E-state index in [1.165, 1.54) is 30.8 Å². The Labute approximate surface area is 149 Å². The molecule has 2 aromatic rings. The molecule has 0 aliphatic carbocycles. The van der Waals surface area contributed by atoms with E-state index in [-0.39, 0.29) is 28.5 Å². The molecule has 2 rings (SSSR count). The predicted molar refractivity (Wildman–Crippen MR) is 98.5 cm³/mol. The topological polar surface area (TPSA) is 83.5 Å². The van der Waals surface area contributed by atoms with Crippen molar-refractivity contribution in [3.05, 3.63) is 71.8 Å². The molecule has 0 spiro atoms. The molecule has 0 atom stereocenters. The molecule has 0 radical (unpaired) electrons. The molecule has 0 bridgehead atoms. The molecule has 0 saturated heterocycles. The number of rotatable bonds is 7. The van der Waals surface area contributed by atoms with E-state index >= 15 is 0 Å². The lowest BCUT2D eigenvalue weighted by atomic mass is 9.99. The Hall–Kier alpha value is -2.86. The van der Waals surface area contributed by atoms with Crippen LogP contribution < -0.4 is 5.32 Å². The fraction of sp³-hybridized carbons (Fsp3) is 0.105. The van der Waals surface area contributed by atoms with Crippen molar-refractivity contribution in [2.45, 2.75) is 11.8 Å². The Morgan fingerprint density at radius 2 is 1.84 bits per heavy atom. The van der Waals surface area contributed by atoms with Crippen LogP contribution in [0.15, 0.2) is 60.0 Å². The third-order valence-electron chi connectivity index (χ3n) is 3.28. The van der Waals surface area contributed by atoms with Gasteiger partial charge in [0, 0.05) is 23.1 Å². The van der Waals surface area contributed by atoms with Crippen LogP contribution in [-0.4, -0.2) is 28.5 Å². The summed E-state index contributed by atoms with van der Waals surface area (Å²) in [6, 6.07) is 11.4. The summed E-state index contributed by atoms with van der Waals surface area (Å²) in [5.41, 5.74) is 0.920. The smallest absolute Gasteiger partial charge is 0.335 e. The van der Waals surface area contributed by atoms with E-state index < -0.39 is 5.97 Å². The zero-order chi connectivity index (χ0) is 18.4. The largest absolute Gasteiger partial charge is 0.478 e. The van der Waals surface area contributed by atoms with Crippen LogP contribution in [0.5, 0.6) is 0 Å². The molecule has 0 aromatic heterocycles. The highest BCUT2D eigenvalue weighted by Crippen LogP contribution is 2.33. The first-order valence-electron chi connectivity index (χ1n) is 7.46. The normalized spacial score (nSPS) is 10.1. The molecule has 25 heavy (non-hydrogen) atoms. The maximum Gasteiger partial charge on any atom is 0.335 e. The van der Waals surface area contributed by atoms with Gasteiger partial charge in [-0.2, -0.15) is 0 Å².